The second-order valence-corrected chi connectivity index (χ2v) is 3.10. The van der Waals surface area contributed by atoms with Crippen LogP contribution in [0.5, 0.6) is 0 Å². The first-order chi connectivity index (χ1) is 7.79. The van der Waals surface area contributed by atoms with Gasteiger partial charge in [-0.25, -0.2) is 0 Å². The molecular formula is C10H9N5O. The summed E-state index contributed by atoms with van der Waals surface area (Å²) >= 11 is 0. The number of benzene rings is 1. The lowest BCUT2D eigenvalue weighted by molar-refractivity contribution is 0.626. The van der Waals surface area contributed by atoms with Crippen LogP contribution >= 0.6 is 0 Å². The molecule has 1 aromatic carbocycles. The largest absolute Gasteiger partial charge is 0.424 e. The fourth-order valence-electron chi connectivity index (χ4n) is 1.34. The number of nitrogens with two attached hydrogens (primary N) is 1. The third kappa shape index (κ3) is 2.13. The Morgan fingerprint density at radius 3 is 3.25 bits per heavy atom. The van der Waals surface area contributed by atoms with Crippen LogP contribution < -0.4 is 5.73 Å². The summed E-state index contributed by atoms with van der Waals surface area (Å²) in [6, 6.07) is 5.68. The van der Waals surface area contributed by atoms with Crippen molar-refractivity contribution in [1.29, 1.82) is 0 Å². The highest BCUT2D eigenvalue weighted by Crippen LogP contribution is 2.18. The SMILES string of the molecule is [N-]=[N+]=NCC=Cc1ccc2oc(N)nc2c1. The molecule has 0 amide bonds. The van der Waals surface area contributed by atoms with E-state index in [1.807, 2.05) is 18.2 Å². The quantitative estimate of drug-likeness (QED) is 0.483. The predicted octanol–water partition coefficient (Wildman–Crippen LogP) is 2.73. The van der Waals surface area contributed by atoms with Crippen LogP contribution in [0, 0.1) is 0 Å². The molecule has 0 unspecified atom stereocenters. The first-order valence-electron chi connectivity index (χ1n) is 4.63. The van der Waals surface area contributed by atoms with E-state index in [-0.39, 0.29) is 6.01 Å². The maximum Gasteiger partial charge on any atom is 0.292 e. The van der Waals surface area contributed by atoms with Gasteiger partial charge in [-0.15, -0.1) is 0 Å². The van der Waals surface area contributed by atoms with E-state index in [9.17, 15) is 0 Å². The lowest BCUT2D eigenvalue weighted by Crippen LogP contribution is -1.80. The number of hydrogen-bond donors (Lipinski definition) is 1. The van der Waals surface area contributed by atoms with E-state index in [1.165, 1.54) is 0 Å². The molecule has 0 saturated heterocycles. The van der Waals surface area contributed by atoms with Crippen LogP contribution in [-0.4, -0.2) is 11.5 Å². The van der Waals surface area contributed by atoms with E-state index in [1.54, 1.807) is 12.1 Å². The minimum Gasteiger partial charge on any atom is -0.424 e. The van der Waals surface area contributed by atoms with Crippen LogP contribution in [0.2, 0.25) is 0 Å². The van der Waals surface area contributed by atoms with Gasteiger partial charge < -0.3 is 10.2 Å². The monoisotopic (exact) mass is 215 g/mol. The molecule has 0 aliphatic rings. The van der Waals surface area contributed by atoms with Gasteiger partial charge in [-0.05, 0) is 23.2 Å². The Balaban J connectivity index is 2.25. The van der Waals surface area contributed by atoms with Crippen molar-refractivity contribution in [3.8, 4) is 0 Å². The summed E-state index contributed by atoms with van der Waals surface area (Å²) in [4.78, 5) is 6.66. The normalized spacial score (nSPS) is 10.8. The molecule has 0 fully saturated rings. The highest BCUT2D eigenvalue weighted by Gasteiger charge is 2.01. The summed E-state index contributed by atoms with van der Waals surface area (Å²) in [5.74, 6) is 0. The second-order valence-electron chi connectivity index (χ2n) is 3.10. The molecule has 0 aliphatic heterocycles. The van der Waals surface area contributed by atoms with Crippen molar-refractivity contribution in [1.82, 2.24) is 4.98 Å². The van der Waals surface area contributed by atoms with Gasteiger partial charge in [0.05, 0.1) is 0 Å². The van der Waals surface area contributed by atoms with Crippen molar-refractivity contribution in [2.24, 2.45) is 5.11 Å². The average molecular weight is 215 g/mol. The predicted molar refractivity (Wildman–Crippen MR) is 61.5 cm³/mol. The molecule has 6 nitrogen and oxygen atoms in total. The van der Waals surface area contributed by atoms with Crippen molar-refractivity contribution in [2.45, 2.75) is 0 Å². The molecule has 6 heteroatoms. The van der Waals surface area contributed by atoms with Gasteiger partial charge in [0.15, 0.2) is 5.58 Å². The zero-order chi connectivity index (χ0) is 11.4. The molecule has 0 aliphatic carbocycles. The van der Waals surface area contributed by atoms with Crippen molar-refractivity contribution in [2.75, 3.05) is 12.3 Å². The number of azide groups is 1. The zero-order valence-electron chi connectivity index (χ0n) is 8.37. The van der Waals surface area contributed by atoms with Gasteiger partial charge >= 0.3 is 0 Å². The van der Waals surface area contributed by atoms with Gasteiger partial charge in [0.2, 0.25) is 0 Å². The van der Waals surface area contributed by atoms with E-state index >= 15 is 0 Å². The van der Waals surface area contributed by atoms with Crippen molar-refractivity contribution >= 4 is 23.2 Å². The molecule has 2 N–H and O–H groups in total. The third-order valence-corrected chi connectivity index (χ3v) is 1.99. The fourth-order valence-corrected chi connectivity index (χ4v) is 1.34. The maximum absolute atomic E-state index is 8.10. The number of aromatic nitrogens is 1. The van der Waals surface area contributed by atoms with E-state index in [2.05, 4.69) is 15.0 Å². The van der Waals surface area contributed by atoms with Crippen LogP contribution in [0.15, 0.2) is 33.8 Å². The highest BCUT2D eigenvalue weighted by atomic mass is 16.4. The average Bonchev–Trinajstić information content (AvgIpc) is 2.64. The molecule has 1 heterocycles. The standard InChI is InChI=1S/C10H9N5O/c11-10-14-8-6-7(2-1-5-13-15-12)3-4-9(8)16-10/h1-4,6H,5H2,(H2,11,14). The Morgan fingerprint density at radius 1 is 1.56 bits per heavy atom. The lowest BCUT2D eigenvalue weighted by Gasteiger charge is -1.91. The van der Waals surface area contributed by atoms with Crippen LogP contribution in [-0.2, 0) is 0 Å². The highest BCUT2D eigenvalue weighted by molar-refractivity contribution is 5.77. The number of hydrogen-bond acceptors (Lipinski definition) is 4. The Kier molecular flexibility index (Phi) is 2.75. The number of nitrogens with zero attached hydrogens (tertiary/aromatic N) is 4. The lowest BCUT2D eigenvalue weighted by atomic mass is 10.2. The third-order valence-electron chi connectivity index (χ3n) is 1.99. The van der Waals surface area contributed by atoms with Crippen LogP contribution in [0.3, 0.4) is 0 Å². The van der Waals surface area contributed by atoms with Crippen molar-refractivity contribution in [3.63, 3.8) is 0 Å². The molecule has 2 aromatic rings. The summed E-state index contributed by atoms with van der Waals surface area (Å²) in [5.41, 5.74) is 15.8. The number of oxazole rings is 1. The van der Waals surface area contributed by atoms with Gasteiger partial charge in [0, 0.05) is 11.5 Å². The molecule has 80 valence electrons. The molecule has 16 heavy (non-hydrogen) atoms. The summed E-state index contributed by atoms with van der Waals surface area (Å²) in [5, 5.41) is 3.39. The molecule has 0 spiro atoms. The van der Waals surface area contributed by atoms with Crippen molar-refractivity contribution in [3.05, 3.63) is 40.3 Å². The van der Waals surface area contributed by atoms with Crippen LogP contribution in [0.1, 0.15) is 5.56 Å². The molecule has 0 radical (unpaired) electrons. The number of nitrogen functional groups attached to an aromatic ring is 1. The topological polar surface area (TPSA) is 101 Å². The molecule has 0 bridgehead atoms. The molecule has 0 atom stereocenters. The number of fused-ring (bicyclic) bond motifs is 1. The molecule has 1 aromatic heterocycles. The van der Waals surface area contributed by atoms with Gasteiger partial charge in [-0.3, -0.25) is 0 Å². The smallest absolute Gasteiger partial charge is 0.292 e. The zero-order valence-corrected chi connectivity index (χ0v) is 8.37. The minimum absolute atomic E-state index is 0.158. The van der Waals surface area contributed by atoms with E-state index in [0.717, 1.165) is 5.56 Å². The number of rotatable bonds is 3. The Hall–Kier alpha value is -2.46. The Labute approximate surface area is 91.0 Å². The van der Waals surface area contributed by atoms with Gasteiger partial charge in [0.1, 0.15) is 5.52 Å². The molecule has 2 rings (SSSR count). The second kappa shape index (κ2) is 4.37. The minimum atomic E-state index is 0.158. The maximum atomic E-state index is 8.10. The fraction of sp³-hybridized carbons (Fsp3) is 0.100. The Bertz CT molecular complexity index is 580. The molecular weight excluding hydrogens is 206 g/mol. The first kappa shape index (κ1) is 10.1. The van der Waals surface area contributed by atoms with E-state index < -0.39 is 0 Å². The van der Waals surface area contributed by atoms with Crippen molar-refractivity contribution < 1.29 is 4.42 Å². The summed E-state index contributed by atoms with van der Waals surface area (Å²) in [6.45, 7) is 0.329. The van der Waals surface area contributed by atoms with E-state index in [4.69, 9.17) is 15.7 Å². The van der Waals surface area contributed by atoms with Crippen LogP contribution in [0.25, 0.3) is 27.6 Å². The molecule has 0 saturated carbocycles. The summed E-state index contributed by atoms with van der Waals surface area (Å²) < 4.78 is 5.14. The van der Waals surface area contributed by atoms with Gasteiger partial charge in [0.25, 0.3) is 6.01 Å². The van der Waals surface area contributed by atoms with Crippen LogP contribution in [0.4, 0.5) is 6.01 Å². The summed E-state index contributed by atoms with van der Waals surface area (Å²) in [6.07, 6.45) is 3.61. The van der Waals surface area contributed by atoms with Gasteiger partial charge in [-0.2, -0.15) is 4.98 Å². The number of anilines is 1. The van der Waals surface area contributed by atoms with Gasteiger partial charge in [-0.1, -0.05) is 23.3 Å². The first-order valence-corrected chi connectivity index (χ1v) is 4.63. The Morgan fingerprint density at radius 2 is 2.44 bits per heavy atom. The summed E-state index contributed by atoms with van der Waals surface area (Å²) in [7, 11) is 0. The van der Waals surface area contributed by atoms with E-state index in [0.29, 0.717) is 17.6 Å².